The third-order valence-electron chi connectivity index (χ3n) is 1.76. The van der Waals surface area contributed by atoms with Crippen LogP contribution < -0.4 is 0 Å². The van der Waals surface area contributed by atoms with Crippen LogP contribution in [0.4, 0.5) is 5.69 Å². The number of thioether (sulfide) groups is 1. The van der Waals surface area contributed by atoms with Gasteiger partial charge in [-0.2, -0.15) is 0 Å². The third kappa shape index (κ3) is 2.98. The van der Waals surface area contributed by atoms with Gasteiger partial charge < -0.3 is 0 Å². The van der Waals surface area contributed by atoms with Gasteiger partial charge in [-0.05, 0) is 36.4 Å². The van der Waals surface area contributed by atoms with E-state index in [2.05, 4.69) is 27.1 Å². The fraction of sp³-hybridized carbons (Fsp3) is 0.200. The Labute approximate surface area is 101 Å². The van der Waals surface area contributed by atoms with Crippen LogP contribution in [-0.4, -0.2) is 4.92 Å². The molecule has 1 aromatic carbocycles. The van der Waals surface area contributed by atoms with Crippen molar-refractivity contribution in [2.75, 3.05) is 0 Å². The topological polar surface area (TPSA) is 43.1 Å². The normalized spacial score (nSPS) is 9.27. The van der Waals surface area contributed by atoms with Gasteiger partial charge >= 0.3 is 0 Å². The van der Waals surface area contributed by atoms with Crippen molar-refractivity contribution < 1.29 is 4.92 Å². The minimum absolute atomic E-state index is 0.0767. The average Bonchev–Trinajstić information content (AvgIpc) is 2.19. The van der Waals surface area contributed by atoms with Gasteiger partial charge in [0.25, 0.3) is 5.69 Å². The molecule has 0 aromatic heterocycles. The number of hydrogen-bond acceptors (Lipinski definition) is 3. The Hall–Kier alpha value is -0.990. The molecule has 0 N–H and O–H groups in total. The van der Waals surface area contributed by atoms with Crippen molar-refractivity contribution in [3.05, 3.63) is 32.3 Å². The van der Waals surface area contributed by atoms with E-state index in [9.17, 15) is 10.1 Å². The number of rotatable bonds is 2. The van der Waals surface area contributed by atoms with Crippen molar-refractivity contribution in [1.29, 1.82) is 0 Å². The summed E-state index contributed by atoms with van der Waals surface area (Å²) in [6.07, 6.45) is 0. The van der Waals surface area contributed by atoms with Gasteiger partial charge in [0.15, 0.2) is 0 Å². The van der Waals surface area contributed by atoms with Crippen LogP contribution in [0.5, 0.6) is 0 Å². The molecule has 5 heteroatoms. The molecule has 0 heterocycles. The molecule has 0 bridgehead atoms. The molecule has 0 radical (unpaired) electrons. The first-order valence-electron chi connectivity index (χ1n) is 4.09. The van der Waals surface area contributed by atoms with E-state index < -0.39 is 4.92 Å². The minimum atomic E-state index is -0.409. The first-order valence-corrected chi connectivity index (χ1v) is 5.70. The van der Waals surface area contributed by atoms with E-state index >= 15 is 0 Å². The lowest BCUT2D eigenvalue weighted by Crippen LogP contribution is -1.90. The summed E-state index contributed by atoms with van der Waals surface area (Å²) in [6, 6.07) is 3.04. The zero-order chi connectivity index (χ0) is 11.4. The Kier molecular flexibility index (Phi) is 4.18. The van der Waals surface area contributed by atoms with Gasteiger partial charge in [0, 0.05) is 21.5 Å². The molecule has 0 aliphatic heterocycles. The molecule has 1 aromatic rings. The Morgan fingerprint density at radius 1 is 1.53 bits per heavy atom. The zero-order valence-corrected chi connectivity index (χ0v) is 10.6. The number of nitro groups is 1. The van der Waals surface area contributed by atoms with Crippen LogP contribution in [0.15, 0.2) is 21.5 Å². The van der Waals surface area contributed by atoms with E-state index in [-0.39, 0.29) is 5.69 Å². The standard InChI is InChI=1S/C10H8BrNO2S/c1-3-4-15-10-6-8(12(13)14)5-9(11)7(10)2/h5-6H,1-2H3. The molecule has 0 fully saturated rings. The summed E-state index contributed by atoms with van der Waals surface area (Å²) in [6.45, 7) is 3.63. The van der Waals surface area contributed by atoms with Crippen molar-refractivity contribution in [3.8, 4) is 11.2 Å². The van der Waals surface area contributed by atoms with Crippen molar-refractivity contribution in [2.45, 2.75) is 18.7 Å². The number of benzene rings is 1. The fourth-order valence-corrected chi connectivity index (χ4v) is 2.19. The summed E-state index contributed by atoms with van der Waals surface area (Å²) in [7, 11) is 0. The smallest absolute Gasteiger partial charge is 0.258 e. The second-order valence-corrected chi connectivity index (χ2v) is 4.46. The van der Waals surface area contributed by atoms with Gasteiger partial charge in [-0.25, -0.2) is 0 Å². The van der Waals surface area contributed by atoms with Gasteiger partial charge in [0.05, 0.1) is 4.92 Å². The van der Waals surface area contributed by atoms with Gasteiger partial charge in [-0.3, -0.25) is 10.1 Å². The molecule has 78 valence electrons. The Bertz CT molecular complexity index is 462. The highest BCUT2D eigenvalue weighted by atomic mass is 79.9. The molecular weight excluding hydrogens is 278 g/mol. The van der Waals surface area contributed by atoms with Crippen LogP contribution in [0.2, 0.25) is 0 Å². The number of hydrogen-bond donors (Lipinski definition) is 0. The zero-order valence-electron chi connectivity index (χ0n) is 8.20. The molecule has 15 heavy (non-hydrogen) atoms. The summed E-state index contributed by atoms with van der Waals surface area (Å²) in [4.78, 5) is 11.0. The molecule has 0 saturated heterocycles. The summed E-state index contributed by atoms with van der Waals surface area (Å²) in [5.41, 5.74) is 1.04. The maximum absolute atomic E-state index is 10.6. The number of nitro benzene ring substituents is 1. The third-order valence-corrected chi connectivity index (χ3v) is 3.53. The number of non-ortho nitro benzene ring substituents is 1. The molecular formula is C10H8BrNO2S. The van der Waals surface area contributed by atoms with Crippen LogP contribution in [0.3, 0.4) is 0 Å². The van der Waals surface area contributed by atoms with E-state index in [0.717, 1.165) is 14.9 Å². The van der Waals surface area contributed by atoms with Crippen LogP contribution >= 0.6 is 27.7 Å². The highest BCUT2D eigenvalue weighted by Gasteiger charge is 2.12. The highest BCUT2D eigenvalue weighted by molar-refractivity contribution is 9.10. The highest BCUT2D eigenvalue weighted by Crippen LogP contribution is 2.32. The number of nitrogens with zero attached hydrogens (tertiary/aromatic N) is 1. The maximum atomic E-state index is 10.6. The molecule has 0 aliphatic carbocycles. The molecule has 0 spiro atoms. The number of halogens is 1. The van der Waals surface area contributed by atoms with E-state index in [1.165, 1.54) is 23.9 Å². The van der Waals surface area contributed by atoms with Crippen LogP contribution in [-0.2, 0) is 0 Å². The Morgan fingerprint density at radius 2 is 2.20 bits per heavy atom. The van der Waals surface area contributed by atoms with Crippen molar-refractivity contribution in [2.24, 2.45) is 0 Å². The molecule has 1 rings (SSSR count). The summed E-state index contributed by atoms with van der Waals surface area (Å²) < 4.78 is 0.733. The van der Waals surface area contributed by atoms with Gasteiger partial charge in [-0.1, -0.05) is 21.9 Å². The molecule has 0 aliphatic rings. The lowest BCUT2D eigenvalue weighted by Gasteiger charge is -2.03. The van der Waals surface area contributed by atoms with Gasteiger partial charge in [0.2, 0.25) is 0 Å². The molecule has 0 saturated carbocycles. The monoisotopic (exact) mass is 285 g/mol. The van der Waals surface area contributed by atoms with Gasteiger partial charge in [0.1, 0.15) is 0 Å². The SMILES string of the molecule is CC#CSc1cc([N+](=O)[O-])cc(Br)c1C. The molecule has 0 atom stereocenters. The maximum Gasteiger partial charge on any atom is 0.271 e. The lowest BCUT2D eigenvalue weighted by molar-refractivity contribution is -0.385. The first-order chi connectivity index (χ1) is 7.06. The minimum Gasteiger partial charge on any atom is -0.258 e. The second kappa shape index (κ2) is 5.19. The summed E-state index contributed by atoms with van der Waals surface area (Å²) in [5, 5.41) is 13.5. The molecule has 0 amide bonds. The van der Waals surface area contributed by atoms with E-state index in [1.807, 2.05) is 6.92 Å². The van der Waals surface area contributed by atoms with E-state index in [4.69, 9.17) is 0 Å². The largest absolute Gasteiger partial charge is 0.271 e. The van der Waals surface area contributed by atoms with E-state index in [0.29, 0.717) is 0 Å². The molecule has 0 unspecified atom stereocenters. The van der Waals surface area contributed by atoms with Crippen molar-refractivity contribution >= 4 is 33.4 Å². The first kappa shape index (κ1) is 12.1. The second-order valence-electron chi connectivity index (χ2n) is 2.76. The van der Waals surface area contributed by atoms with Crippen molar-refractivity contribution in [1.82, 2.24) is 0 Å². The lowest BCUT2D eigenvalue weighted by atomic mass is 10.2. The van der Waals surface area contributed by atoms with E-state index in [1.54, 1.807) is 6.92 Å². The Balaban J connectivity index is 3.22. The van der Waals surface area contributed by atoms with Crippen LogP contribution in [0, 0.1) is 28.2 Å². The summed E-state index contributed by atoms with van der Waals surface area (Å²) in [5.74, 6) is 2.74. The quantitative estimate of drug-likeness (QED) is 0.360. The van der Waals surface area contributed by atoms with Crippen LogP contribution in [0.1, 0.15) is 12.5 Å². The van der Waals surface area contributed by atoms with Gasteiger partial charge in [-0.15, -0.1) is 0 Å². The summed E-state index contributed by atoms with van der Waals surface area (Å²) >= 11 is 4.59. The Morgan fingerprint density at radius 3 is 2.73 bits per heavy atom. The average molecular weight is 286 g/mol. The molecule has 3 nitrogen and oxygen atoms in total. The fourth-order valence-electron chi connectivity index (χ4n) is 0.957. The van der Waals surface area contributed by atoms with Crippen LogP contribution in [0.25, 0.3) is 0 Å². The predicted molar refractivity (Wildman–Crippen MR) is 64.8 cm³/mol. The van der Waals surface area contributed by atoms with Crippen molar-refractivity contribution in [3.63, 3.8) is 0 Å². The predicted octanol–water partition coefficient (Wildman–Crippen LogP) is 3.74.